The Kier molecular flexibility index (Phi) is 4.61. The number of hydrogen-bond donors (Lipinski definition) is 1. The lowest BCUT2D eigenvalue weighted by Gasteiger charge is -2.08. The van der Waals surface area contributed by atoms with Crippen molar-refractivity contribution in [3.63, 3.8) is 0 Å². The molecular formula is C18H15Cl2N5O. The second-order valence-corrected chi connectivity index (χ2v) is 6.99. The summed E-state index contributed by atoms with van der Waals surface area (Å²) >= 11 is 12.1. The monoisotopic (exact) mass is 387 g/mol. The van der Waals surface area contributed by atoms with Crippen LogP contribution in [0.3, 0.4) is 0 Å². The van der Waals surface area contributed by atoms with Crippen molar-refractivity contribution in [2.75, 3.05) is 5.32 Å². The zero-order valence-corrected chi connectivity index (χ0v) is 15.2. The predicted octanol–water partition coefficient (Wildman–Crippen LogP) is 4.03. The Bertz CT molecular complexity index is 953. The van der Waals surface area contributed by atoms with Gasteiger partial charge in [0.25, 0.3) is 5.95 Å². The number of halogens is 2. The summed E-state index contributed by atoms with van der Waals surface area (Å²) in [6, 6.07) is 8.67. The minimum absolute atomic E-state index is 0.110. The number of aromatic nitrogens is 4. The van der Waals surface area contributed by atoms with E-state index in [4.69, 9.17) is 23.2 Å². The average Bonchev–Trinajstić information content (AvgIpc) is 3.40. The van der Waals surface area contributed by atoms with E-state index in [2.05, 4.69) is 20.4 Å². The molecule has 1 aliphatic carbocycles. The molecule has 1 aliphatic rings. The van der Waals surface area contributed by atoms with Gasteiger partial charge in [0.15, 0.2) is 0 Å². The van der Waals surface area contributed by atoms with Crippen molar-refractivity contribution in [2.45, 2.75) is 25.2 Å². The van der Waals surface area contributed by atoms with Crippen LogP contribution in [0.15, 0.2) is 42.7 Å². The van der Waals surface area contributed by atoms with Crippen molar-refractivity contribution in [1.29, 1.82) is 0 Å². The lowest BCUT2D eigenvalue weighted by Crippen LogP contribution is -2.18. The Morgan fingerprint density at radius 1 is 1.19 bits per heavy atom. The highest BCUT2D eigenvalue weighted by atomic mass is 35.5. The SMILES string of the molecule is O=C(Cc1cc(Cl)ccc1Cl)Nc1cc(C2CC2)nn1-c1ncccn1. The Morgan fingerprint density at radius 2 is 1.96 bits per heavy atom. The molecule has 6 nitrogen and oxygen atoms in total. The smallest absolute Gasteiger partial charge is 0.252 e. The van der Waals surface area contributed by atoms with Crippen molar-refractivity contribution < 1.29 is 4.79 Å². The van der Waals surface area contributed by atoms with E-state index in [1.807, 2.05) is 6.07 Å². The fraction of sp³-hybridized carbons (Fsp3) is 0.222. The van der Waals surface area contributed by atoms with Gasteiger partial charge >= 0.3 is 0 Å². The molecule has 8 heteroatoms. The van der Waals surface area contributed by atoms with Crippen LogP contribution in [0.1, 0.15) is 30.0 Å². The summed E-state index contributed by atoms with van der Waals surface area (Å²) in [5.41, 5.74) is 1.61. The number of nitrogens with zero attached hydrogens (tertiary/aromatic N) is 4. The molecule has 0 saturated heterocycles. The van der Waals surface area contributed by atoms with Crippen LogP contribution < -0.4 is 5.32 Å². The molecule has 1 N–H and O–H groups in total. The molecule has 26 heavy (non-hydrogen) atoms. The first-order chi connectivity index (χ1) is 12.6. The van der Waals surface area contributed by atoms with Gasteiger partial charge < -0.3 is 5.32 Å². The van der Waals surface area contributed by atoms with Gasteiger partial charge in [-0.15, -0.1) is 0 Å². The van der Waals surface area contributed by atoms with Gasteiger partial charge in [-0.05, 0) is 42.7 Å². The van der Waals surface area contributed by atoms with Crippen LogP contribution in [0.5, 0.6) is 0 Å². The Labute approximate surface area is 160 Å². The summed E-state index contributed by atoms with van der Waals surface area (Å²) in [5.74, 6) is 1.18. The van der Waals surface area contributed by atoms with Crippen LogP contribution in [0.4, 0.5) is 5.82 Å². The molecule has 0 bridgehead atoms. The summed E-state index contributed by atoms with van der Waals surface area (Å²) in [6.45, 7) is 0. The van der Waals surface area contributed by atoms with Crippen LogP contribution in [-0.2, 0) is 11.2 Å². The van der Waals surface area contributed by atoms with Gasteiger partial charge in [0, 0.05) is 34.4 Å². The van der Waals surface area contributed by atoms with Crippen molar-refractivity contribution in [1.82, 2.24) is 19.7 Å². The van der Waals surface area contributed by atoms with Crippen LogP contribution in [0.2, 0.25) is 10.0 Å². The molecule has 4 rings (SSSR count). The molecule has 3 aromatic rings. The Morgan fingerprint density at radius 3 is 2.69 bits per heavy atom. The van der Waals surface area contributed by atoms with Crippen LogP contribution in [0.25, 0.3) is 5.95 Å². The highest BCUT2D eigenvalue weighted by Gasteiger charge is 2.28. The molecule has 0 aliphatic heterocycles. The summed E-state index contributed by atoms with van der Waals surface area (Å²) in [6.07, 6.45) is 5.60. The number of hydrogen-bond acceptors (Lipinski definition) is 4. The van der Waals surface area contributed by atoms with Gasteiger partial charge in [0.2, 0.25) is 5.91 Å². The number of benzene rings is 1. The largest absolute Gasteiger partial charge is 0.310 e. The van der Waals surface area contributed by atoms with Crippen LogP contribution in [-0.4, -0.2) is 25.7 Å². The Hall–Kier alpha value is -2.44. The standard InChI is InChI=1S/C18H15Cl2N5O/c19-13-4-5-14(20)12(8-13)9-17(26)23-16-10-15(11-2-3-11)24-25(16)18-21-6-1-7-22-18/h1,4-8,10-11H,2-3,9H2,(H,23,26). The second-order valence-electron chi connectivity index (χ2n) is 6.15. The number of carbonyl (C=O) groups excluding carboxylic acids is 1. The maximum Gasteiger partial charge on any atom is 0.252 e. The fourth-order valence-electron chi connectivity index (χ4n) is 2.66. The first-order valence-corrected chi connectivity index (χ1v) is 8.97. The molecule has 1 fully saturated rings. The third-order valence-corrected chi connectivity index (χ3v) is 4.70. The minimum Gasteiger partial charge on any atom is -0.310 e. The van der Waals surface area contributed by atoms with Crippen LogP contribution >= 0.6 is 23.2 Å². The highest BCUT2D eigenvalue weighted by Crippen LogP contribution is 2.40. The zero-order chi connectivity index (χ0) is 18.1. The molecule has 132 valence electrons. The van der Waals surface area contributed by atoms with E-state index in [0.717, 1.165) is 18.5 Å². The van der Waals surface area contributed by atoms with E-state index < -0.39 is 0 Å². The van der Waals surface area contributed by atoms with Crippen LogP contribution in [0, 0.1) is 0 Å². The molecule has 1 aromatic carbocycles. The van der Waals surface area contributed by atoms with Gasteiger partial charge in [-0.2, -0.15) is 9.78 Å². The third-order valence-electron chi connectivity index (χ3n) is 4.09. The number of carbonyl (C=O) groups is 1. The Balaban J connectivity index is 1.59. The number of rotatable bonds is 5. The summed E-state index contributed by atoms with van der Waals surface area (Å²) in [5, 5.41) is 8.49. The average molecular weight is 388 g/mol. The predicted molar refractivity (Wildman–Crippen MR) is 99.9 cm³/mol. The molecule has 0 spiro atoms. The zero-order valence-electron chi connectivity index (χ0n) is 13.7. The minimum atomic E-state index is -0.214. The van der Waals surface area contributed by atoms with Crippen molar-refractivity contribution in [2.24, 2.45) is 0 Å². The lowest BCUT2D eigenvalue weighted by molar-refractivity contribution is -0.115. The molecular weight excluding hydrogens is 373 g/mol. The molecule has 0 atom stereocenters. The van der Waals surface area contributed by atoms with Gasteiger partial charge in [0.1, 0.15) is 5.82 Å². The van der Waals surface area contributed by atoms with Gasteiger partial charge in [-0.25, -0.2) is 9.97 Å². The van der Waals surface area contributed by atoms with Gasteiger partial charge in [-0.1, -0.05) is 23.2 Å². The number of amides is 1. The van der Waals surface area contributed by atoms with E-state index in [0.29, 0.717) is 33.3 Å². The molecule has 2 heterocycles. The quantitative estimate of drug-likeness (QED) is 0.717. The van der Waals surface area contributed by atoms with E-state index in [1.54, 1.807) is 41.3 Å². The first-order valence-electron chi connectivity index (χ1n) is 8.21. The third kappa shape index (κ3) is 3.71. The van der Waals surface area contributed by atoms with Gasteiger partial charge in [0.05, 0.1) is 12.1 Å². The molecule has 2 aromatic heterocycles. The normalized spacial score (nSPS) is 13.6. The highest BCUT2D eigenvalue weighted by molar-refractivity contribution is 6.33. The van der Waals surface area contributed by atoms with E-state index in [1.165, 1.54) is 0 Å². The molecule has 1 saturated carbocycles. The second kappa shape index (κ2) is 7.05. The maximum absolute atomic E-state index is 12.5. The van der Waals surface area contributed by atoms with Gasteiger partial charge in [-0.3, -0.25) is 4.79 Å². The van der Waals surface area contributed by atoms with Crippen molar-refractivity contribution >= 4 is 34.9 Å². The summed E-state index contributed by atoms with van der Waals surface area (Å²) in [4.78, 5) is 21.0. The van der Waals surface area contributed by atoms with Crippen molar-refractivity contribution in [3.8, 4) is 5.95 Å². The summed E-state index contributed by atoms with van der Waals surface area (Å²) in [7, 11) is 0. The van der Waals surface area contributed by atoms with E-state index in [9.17, 15) is 4.79 Å². The topological polar surface area (TPSA) is 72.7 Å². The maximum atomic E-state index is 12.5. The molecule has 1 amide bonds. The first kappa shape index (κ1) is 17.0. The fourth-order valence-corrected chi connectivity index (χ4v) is 3.04. The van der Waals surface area contributed by atoms with E-state index in [-0.39, 0.29) is 12.3 Å². The summed E-state index contributed by atoms with van der Waals surface area (Å²) < 4.78 is 1.56. The lowest BCUT2D eigenvalue weighted by atomic mass is 10.1. The van der Waals surface area contributed by atoms with Crippen molar-refractivity contribution in [3.05, 3.63) is 64.0 Å². The molecule has 0 unspecified atom stereocenters. The number of anilines is 1. The number of nitrogens with one attached hydrogen (secondary N) is 1. The molecule has 0 radical (unpaired) electrons. The van der Waals surface area contributed by atoms with E-state index >= 15 is 0 Å².